The van der Waals surface area contributed by atoms with Gasteiger partial charge in [0.1, 0.15) is 5.82 Å². The van der Waals surface area contributed by atoms with E-state index in [-0.39, 0.29) is 11.9 Å². The second kappa shape index (κ2) is 7.23. The van der Waals surface area contributed by atoms with Crippen LogP contribution < -0.4 is 0 Å². The summed E-state index contributed by atoms with van der Waals surface area (Å²) in [5.74, 6) is 1.13. The van der Waals surface area contributed by atoms with Gasteiger partial charge in [0.15, 0.2) is 5.82 Å². The van der Waals surface area contributed by atoms with Gasteiger partial charge in [0.2, 0.25) is 5.89 Å². The summed E-state index contributed by atoms with van der Waals surface area (Å²) in [6, 6.07) is 6.58. The van der Waals surface area contributed by atoms with Crippen LogP contribution in [0.2, 0.25) is 0 Å². The molecular weight excluding hydrogens is 345 g/mol. The van der Waals surface area contributed by atoms with Crippen molar-refractivity contribution < 1.29 is 8.91 Å². The van der Waals surface area contributed by atoms with E-state index in [1.54, 1.807) is 12.1 Å². The highest BCUT2D eigenvalue weighted by atomic mass is 19.1. The first-order chi connectivity index (χ1) is 13.0. The number of hydrogen-bond donors (Lipinski definition) is 0. The Labute approximate surface area is 158 Å². The first-order valence-corrected chi connectivity index (χ1v) is 9.38. The van der Waals surface area contributed by atoms with Gasteiger partial charge in [-0.2, -0.15) is 10.1 Å². The van der Waals surface area contributed by atoms with Gasteiger partial charge < -0.3 is 4.52 Å². The number of piperidine rings is 1. The van der Waals surface area contributed by atoms with Crippen molar-refractivity contribution in [3.63, 3.8) is 0 Å². The summed E-state index contributed by atoms with van der Waals surface area (Å²) >= 11 is 0. The van der Waals surface area contributed by atoms with E-state index >= 15 is 0 Å². The van der Waals surface area contributed by atoms with Crippen LogP contribution in [0.15, 0.2) is 28.8 Å². The third-order valence-corrected chi connectivity index (χ3v) is 5.32. The Morgan fingerprint density at radius 2 is 1.93 bits per heavy atom. The van der Waals surface area contributed by atoms with E-state index < -0.39 is 0 Å². The summed E-state index contributed by atoms with van der Waals surface area (Å²) in [5.41, 5.74) is 4.13. The van der Waals surface area contributed by atoms with Crippen molar-refractivity contribution in [3.05, 3.63) is 58.7 Å². The molecule has 1 aliphatic heterocycles. The van der Waals surface area contributed by atoms with E-state index in [0.29, 0.717) is 11.7 Å². The summed E-state index contributed by atoms with van der Waals surface area (Å²) in [4.78, 5) is 6.86. The van der Waals surface area contributed by atoms with Crippen LogP contribution in [0.1, 0.15) is 54.0 Å². The van der Waals surface area contributed by atoms with Crippen LogP contribution in [0.25, 0.3) is 5.69 Å². The van der Waals surface area contributed by atoms with E-state index in [1.165, 1.54) is 17.7 Å². The molecule has 0 saturated carbocycles. The Balaban J connectivity index is 1.62. The highest BCUT2D eigenvalue weighted by Crippen LogP contribution is 2.32. The second-order valence-corrected chi connectivity index (χ2v) is 7.20. The molecule has 27 heavy (non-hydrogen) atoms. The third-order valence-electron chi connectivity index (χ3n) is 5.32. The maximum Gasteiger partial charge on any atom is 0.243 e. The van der Waals surface area contributed by atoms with Crippen LogP contribution in [-0.2, 0) is 6.54 Å². The minimum atomic E-state index is -0.244. The first-order valence-electron chi connectivity index (χ1n) is 9.38. The fourth-order valence-corrected chi connectivity index (χ4v) is 3.85. The quantitative estimate of drug-likeness (QED) is 0.694. The maximum absolute atomic E-state index is 13.2. The van der Waals surface area contributed by atoms with Gasteiger partial charge in [-0.15, -0.1) is 0 Å². The highest BCUT2D eigenvalue weighted by molar-refractivity contribution is 5.37. The van der Waals surface area contributed by atoms with Crippen LogP contribution in [-0.4, -0.2) is 31.4 Å². The second-order valence-electron chi connectivity index (χ2n) is 7.20. The van der Waals surface area contributed by atoms with Crippen LogP contribution >= 0.6 is 0 Å². The molecule has 0 spiro atoms. The lowest BCUT2D eigenvalue weighted by molar-refractivity contribution is 0.111. The zero-order chi connectivity index (χ0) is 19.0. The molecular formula is C20H24FN5O. The summed E-state index contributed by atoms with van der Waals surface area (Å²) in [5, 5.41) is 8.65. The van der Waals surface area contributed by atoms with Gasteiger partial charge in [-0.05, 0) is 64.4 Å². The molecule has 2 aromatic heterocycles. The number of benzene rings is 1. The minimum Gasteiger partial charge on any atom is -0.338 e. The molecule has 1 aliphatic rings. The Hall–Kier alpha value is -2.54. The summed E-state index contributed by atoms with van der Waals surface area (Å²) in [6.07, 6.45) is 3.34. The van der Waals surface area contributed by atoms with Gasteiger partial charge in [-0.1, -0.05) is 11.6 Å². The van der Waals surface area contributed by atoms with Crippen molar-refractivity contribution in [3.8, 4) is 5.69 Å². The number of rotatable bonds is 4. The lowest BCUT2D eigenvalue weighted by Gasteiger charge is -2.33. The first kappa shape index (κ1) is 17.9. The number of aromatic nitrogens is 4. The van der Waals surface area contributed by atoms with Crippen LogP contribution in [0.3, 0.4) is 0 Å². The van der Waals surface area contributed by atoms with Gasteiger partial charge in [-0.25, -0.2) is 9.07 Å². The predicted molar refractivity (Wildman–Crippen MR) is 99.0 cm³/mol. The van der Waals surface area contributed by atoms with Gasteiger partial charge in [-0.3, -0.25) is 4.90 Å². The van der Waals surface area contributed by atoms with Crippen LogP contribution in [0, 0.1) is 26.6 Å². The van der Waals surface area contributed by atoms with Gasteiger partial charge >= 0.3 is 0 Å². The summed E-state index contributed by atoms with van der Waals surface area (Å²) in [6.45, 7) is 7.71. The zero-order valence-corrected chi connectivity index (χ0v) is 15.9. The van der Waals surface area contributed by atoms with E-state index in [9.17, 15) is 4.39 Å². The maximum atomic E-state index is 13.2. The molecule has 1 atom stereocenters. The van der Waals surface area contributed by atoms with Crippen LogP contribution in [0.5, 0.6) is 0 Å². The largest absolute Gasteiger partial charge is 0.338 e. The lowest BCUT2D eigenvalue weighted by atomic mass is 10.0. The Morgan fingerprint density at radius 1 is 1.15 bits per heavy atom. The van der Waals surface area contributed by atoms with E-state index in [0.717, 1.165) is 49.4 Å². The molecule has 3 aromatic rings. The van der Waals surface area contributed by atoms with Crippen molar-refractivity contribution in [1.29, 1.82) is 0 Å². The molecule has 6 nitrogen and oxygen atoms in total. The van der Waals surface area contributed by atoms with Gasteiger partial charge in [0.25, 0.3) is 0 Å². The summed E-state index contributed by atoms with van der Waals surface area (Å²) < 4.78 is 20.6. The topological polar surface area (TPSA) is 60.0 Å². The Kier molecular flexibility index (Phi) is 4.78. The monoisotopic (exact) mass is 369 g/mol. The molecule has 0 amide bonds. The smallest absolute Gasteiger partial charge is 0.243 e. The molecule has 0 aliphatic carbocycles. The van der Waals surface area contributed by atoms with Crippen LogP contribution in [0.4, 0.5) is 4.39 Å². The number of aryl methyl sites for hydroxylation is 2. The van der Waals surface area contributed by atoms with E-state index in [1.807, 2.05) is 18.5 Å². The fourth-order valence-electron chi connectivity index (χ4n) is 3.85. The standard InChI is InChI=1S/C20H24FN5O/c1-13-18(14(2)26(23-13)17-9-7-16(21)8-10-17)12-25-11-5-4-6-19(25)20-22-15(3)24-27-20/h7-10,19H,4-6,11-12H2,1-3H3/t19-/m0/s1. The molecule has 0 unspecified atom stereocenters. The van der Waals surface area contributed by atoms with Crippen molar-refractivity contribution >= 4 is 0 Å². The molecule has 0 bridgehead atoms. The molecule has 0 N–H and O–H groups in total. The minimum absolute atomic E-state index is 0.146. The number of hydrogen-bond acceptors (Lipinski definition) is 5. The number of likely N-dealkylation sites (tertiary alicyclic amines) is 1. The molecule has 3 heterocycles. The fraction of sp³-hybridized carbons (Fsp3) is 0.450. The SMILES string of the molecule is Cc1noc([C@@H]2CCCCN2Cc2c(C)nn(-c3ccc(F)cc3)c2C)n1. The zero-order valence-electron chi connectivity index (χ0n) is 15.9. The number of nitrogens with zero attached hydrogens (tertiary/aromatic N) is 5. The molecule has 4 rings (SSSR count). The predicted octanol–water partition coefficient (Wildman–Crippen LogP) is 4.05. The van der Waals surface area contributed by atoms with Gasteiger partial charge in [0.05, 0.1) is 17.4 Å². The molecule has 142 valence electrons. The van der Waals surface area contributed by atoms with Crippen molar-refractivity contribution in [1.82, 2.24) is 24.8 Å². The summed E-state index contributed by atoms with van der Waals surface area (Å²) in [7, 11) is 0. The van der Waals surface area contributed by atoms with Gasteiger partial charge in [0, 0.05) is 17.8 Å². The third kappa shape index (κ3) is 3.51. The Bertz CT molecular complexity index is 931. The van der Waals surface area contributed by atoms with E-state index in [4.69, 9.17) is 9.62 Å². The molecule has 7 heteroatoms. The average molecular weight is 369 g/mol. The normalized spacial score (nSPS) is 18.1. The molecule has 0 radical (unpaired) electrons. The van der Waals surface area contributed by atoms with Crippen molar-refractivity contribution in [2.75, 3.05) is 6.54 Å². The van der Waals surface area contributed by atoms with E-state index in [2.05, 4.69) is 22.0 Å². The molecule has 1 fully saturated rings. The van der Waals surface area contributed by atoms with Crippen molar-refractivity contribution in [2.45, 2.75) is 52.6 Å². The average Bonchev–Trinajstić information content (AvgIpc) is 3.21. The lowest BCUT2D eigenvalue weighted by Crippen LogP contribution is -2.33. The van der Waals surface area contributed by atoms with Crippen molar-refractivity contribution in [2.24, 2.45) is 0 Å². The molecule has 1 aromatic carbocycles. The number of halogens is 1. The molecule has 1 saturated heterocycles. The Morgan fingerprint density at radius 3 is 2.63 bits per heavy atom. The highest BCUT2D eigenvalue weighted by Gasteiger charge is 2.30.